The molecule has 1 aromatic carbocycles. The maximum atomic E-state index is 13.2. The van der Waals surface area contributed by atoms with Crippen LogP contribution < -0.4 is 10.2 Å². The largest absolute Gasteiger partial charge is 0.357 e. The SMILES string of the molecule is N#C/C(=C\c1cccc(-c2ccc(N3CCCCC3)nc2)n1)C(=O)NC1(c2ccccc2)CCCC1. The normalized spacial score (nSPS) is 17.4. The van der Waals surface area contributed by atoms with Crippen molar-refractivity contribution in [1.29, 1.82) is 5.26 Å². The molecule has 5 rings (SSSR count). The summed E-state index contributed by atoms with van der Waals surface area (Å²) in [4.78, 5) is 24.9. The highest BCUT2D eigenvalue weighted by atomic mass is 16.1. The molecule has 1 saturated carbocycles. The first-order valence-electron chi connectivity index (χ1n) is 12.9. The maximum absolute atomic E-state index is 13.2. The van der Waals surface area contributed by atoms with Crippen LogP contribution in [0.5, 0.6) is 0 Å². The van der Waals surface area contributed by atoms with Crippen LogP contribution in [0, 0.1) is 11.3 Å². The maximum Gasteiger partial charge on any atom is 0.262 e. The molecule has 0 radical (unpaired) electrons. The van der Waals surface area contributed by atoms with E-state index >= 15 is 0 Å². The van der Waals surface area contributed by atoms with E-state index < -0.39 is 5.54 Å². The minimum absolute atomic E-state index is 0.0560. The van der Waals surface area contributed by atoms with Crippen LogP contribution in [0.15, 0.2) is 72.4 Å². The number of rotatable bonds is 6. The van der Waals surface area contributed by atoms with Crippen molar-refractivity contribution < 1.29 is 4.79 Å². The lowest BCUT2D eigenvalue weighted by Gasteiger charge is -2.31. The van der Waals surface area contributed by atoms with E-state index in [0.717, 1.165) is 61.4 Å². The van der Waals surface area contributed by atoms with Crippen molar-refractivity contribution in [3.05, 3.63) is 83.7 Å². The Labute approximate surface area is 212 Å². The highest BCUT2D eigenvalue weighted by Crippen LogP contribution is 2.39. The van der Waals surface area contributed by atoms with E-state index in [9.17, 15) is 10.1 Å². The number of amides is 1. The van der Waals surface area contributed by atoms with Gasteiger partial charge in [-0.1, -0.05) is 49.2 Å². The summed E-state index contributed by atoms with van der Waals surface area (Å²) >= 11 is 0. The van der Waals surface area contributed by atoms with Gasteiger partial charge in [0.05, 0.1) is 16.9 Å². The Bertz CT molecular complexity index is 1260. The van der Waals surface area contributed by atoms with E-state index in [-0.39, 0.29) is 11.5 Å². The summed E-state index contributed by atoms with van der Waals surface area (Å²) in [5, 5.41) is 13.0. The molecule has 1 aliphatic carbocycles. The number of nitrogens with one attached hydrogen (secondary N) is 1. The van der Waals surface area contributed by atoms with Crippen LogP contribution in [0.1, 0.15) is 56.2 Å². The van der Waals surface area contributed by atoms with Crippen LogP contribution >= 0.6 is 0 Å². The van der Waals surface area contributed by atoms with E-state index in [1.54, 1.807) is 6.08 Å². The second-order valence-corrected chi connectivity index (χ2v) is 9.68. The van der Waals surface area contributed by atoms with Crippen molar-refractivity contribution in [2.24, 2.45) is 0 Å². The summed E-state index contributed by atoms with van der Waals surface area (Å²) in [5.41, 5.74) is 2.96. The molecule has 2 aromatic heterocycles. The molecule has 2 fully saturated rings. The molecule has 0 spiro atoms. The van der Waals surface area contributed by atoms with Crippen molar-refractivity contribution in [3.63, 3.8) is 0 Å². The summed E-state index contributed by atoms with van der Waals surface area (Å²) in [6.45, 7) is 2.10. The number of anilines is 1. The second-order valence-electron chi connectivity index (χ2n) is 9.68. The fourth-order valence-electron chi connectivity index (χ4n) is 5.34. The number of pyridine rings is 2. The van der Waals surface area contributed by atoms with Gasteiger partial charge in [-0.05, 0) is 68.0 Å². The molecular formula is C30H31N5O. The lowest BCUT2D eigenvalue weighted by Crippen LogP contribution is -2.44. The van der Waals surface area contributed by atoms with Crippen molar-refractivity contribution >= 4 is 17.8 Å². The molecule has 3 heterocycles. The Balaban J connectivity index is 1.35. The number of hydrogen-bond acceptors (Lipinski definition) is 5. The highest BCUT2D eigenvalue weighted by Gasteiger charge is 2.37. The molecule has 3 aromatic rings. The van der Waals surface area contributed by atoms with Gasteiger partial charge in [0.1, 0.15) is 17.5 Å². The average Bonchev–Trinajstić information content (AvgIpc) is 3.42. The van der Waals surface area contributed by atoms with Gasteiger partial charge in [-0.15, -0.1) is 0 Å². The Morgan fingerprint density at radius 2 is 1.72 bits per heavy atom. The van der Waals surface area contributed by atoms with E-state index in [0.29, 0.717) is 5.69 Å². The molecule has 0 unspecified atom stereocenters. The van der Waals surface area contributed by atoms with Crippen molar-refractivity contribution in [1.82, 2.24) is 15.3 Å². The zero-order valence-corrected chi connectivity index (χ0v) is 20.5. The van der Waals surface area contributed by atoms with E-state index in [2.05, 4.69) is 33.4 Å². The summed E-state index contributed by atoms with van der Waals surface area (Å²) in [7, 11) is 0. The van der Waals surface area contributed by atoms with Gasteiger partial charge in [0.2, 0.25) is 0 Å². The minimum atomic E-state index is -0.425. The van der Waals surface area contributed by atoms with Gasteiger partial charge < -0.3 is 10.2 Å². The number of carbonyl (C=O) groups excluding carboxylic acids is 1. The average molecular weight is 478 g/mol. The van der Waals surface area contributed by atoms with Gasteiger partial charge in [-0.3, -0.25) is 4.79 Å². The van der Waals surface area contributed by atoms with Crippen LogP contribution in [0.4, 0.5) is 5.82 Å². The summed E-state index contributed by atoms with van der Waals surface area (Å²) < 4.78 is 0. The van der Waals surface area contributed by atoms with Crippen molar-refractivity contribution in [3.8, 4) is 17.3 Å². The van der Waals surface area contributed by atoms with E-state index in [1.165, 1.54) is 19.3 Å². The standard InChI is InChI=1S/C30H31N5O/c31-21-24(29(36)34-30(16-5-6-17-30)25-10-3-1-4-11-25)20-26-12-9-13-27(33-26)23-14-15-28(32-22-23)35-18-7-2-8-19-35/h1,3-4,9-15,20,22H,2,5-8,16-19H2,(H,34,36)/b24-20+. The number of piperidine rings is 1. The number of aromatic nitrogens is 2. The van der Waals surface area contributed by atoms with Crippen molar-refractivity contribution in [2.75, 3.05) is 18.0 Å². The first-order valence-corrected chi connectivity index (χ1v) is 12.9. The number of carbonyl (C=O) groups is 1. The molecular weight excluding hydrogens is 446 g/mol. The third-order valence-corrected chi connectivity index (χ3v) is 7.29. The van der Waals surface area contributed by atoms with Crippen LogP contribution in [0.3, 0.4) is 0 Å². The fourth-order valence-corrected chi connectivity index (χ4v) is 5.34. The fraction of sp³-hybridized carbons (Fsp3) is 0.333. The molecule has 1 amide bonds. The summed E-state index contributed by atoms with van der Waals surface area (Å²) in [6.07, 6.45) is 11.0. The van der Waals surface area contributed by atoms with Crippen LogP contribution in [0.2, 0.25) is 0 Å². The molecule has 1 aliphatic heterocycles. The molecule has 6 heteroatoms. The van der Waals surface area contributed by atoms with Gasteiger partial charge in [-0.25, -0.2) is 9.97 Å². The summed E-state index contributed by atoms with van der Waals surface area (Å²) in [6, 6.07) is 21.9. The smallest absolute Gasteiger partial charge is 0.262 e. The zero-order chi connectivity index (χ0) is 24.8. The van der Waals surface area contributed by atoms with Crippen LogP contribution in [-0.2, 0) is 10.3 Å². The lowest BCUT2D eigenvalue weighted by molar-refractivity contribution is -0.119. The second kappa shape index (κ2) is 10.7. The first-order chi connectivity index (χ1) is 17.7. The molecule has 2 aliphatic rings. The lowest BCUT2D eigenvalue weighted by atomic mass is 9.88. The molecule has 182 valence electrons. The predicted octanol–water partition coefficient (Wildman–Crippen LogP) is 5.63. The Hall–Kier alpha value is -3.98. The van der Waals surface area contributed by atoms with Gasteiger partial charge >= 0.3 is 0 Å². The summed E-state index contributed by atoms with van der Waals surface area (Å²) in [5.74, 6) is 0.639. The number of benzene rings is 1. The minimum Gasteiger partial charge on any atom is -0.357 e. The molecule has 0 bridgehead atoms. The molecule has 36 heavy (non-hydrogen) atoms. The number of nitrogens with zero attached hydrogens (tertiary/aromatic N) is 4. The zero-order valence-electron chi connectivity index (χ0n) is 20.5. The third kappa shape index (κ3) is 5.16. The molecule has 6 nitrogen and oxygen atoms in total. The molecule has 1 N–H and O–H groups in total. The first kappa shape index (κ1) is 23.7. The van der Waals surface area contributed by atoms with Gasteiger partial charge in [0, 0.05) is 24.8 Å². The predicted molar refractivity (Wildman–Crippen MR) is 142 cm³/mol. The number of nitriles is 1. The van der Waals surface area contributed by atoms with Crippen LogP contribution in [0.25, 0.3) is 17.3 Å². The number of hydrogen-bond donors (Lipinski definition) is 1. The molecule has 0 atom stereocenters. The topological polar surface area (TPSA) is 81.9 Å². The van der Waals surface area contributed by atoms with Crippen LogP contribution in [-0.4, -0.2) is 29.0 Å². The van der Waals surface area contributed by atoms with E-state index in [4.69, 9.17) is 4.98 Å². The van der Waals surface area contributed by atoms with Gasteiger partial charge in [-0.2, -0.15) is 5.26 Å². The quantitative estimate of drug-likeness (QED) is 0.368. The monoisotopic (exact) mass is 477 g/mol. The Morgan fingerprint density at radius 3 is 2.42 bits per heavy atom. The van der Waals surface area contributed by atoms with Crippen molar-refractivity contribution in [2.45, 2.75) is 50.5 Å². The van der Waals surface area contributed by atoms with E-state index in [1.807, 2.05) is 54.7 Å². The Morgan fingerprint density at radius 1 is 0.944 bits per heavy atom. The Kier molecular flexibility index (Phi) is 7.08. The third-order valence-electron chi connectivity index (χ3n) is 7.29. The van der Waals surface area contributed by atoms with Gasteiger partial charge in [0.15, 0.2) is 0 Å². The molecule has 1 saturated heterocycles. The highest BCUT2D eigenvalue weighted by molar-refractivity contribution is 6.02. The van der Waals surface area contributed by atoms with Gasteiger partial charge in [0.25, 0.3) is 5.91 Å².